The predicted octanol–water partition coefficient (Wildman–Crippen LogP) is 3.46. The van der Waals surface area contributed by atoms with E-state index in [9.17, 15) is 4.79 Å². The van der Waals surface area contributed by atoms with E-state index in [0.29, 0.717) is 23.0 Å². The van der Waals surface area contributed by atoms with Gasteiger partial charge in [-0.1, -0.05) is 70.2 Å². The molecule has 7 heteroatoms. The van der Waals surface area contributed by atoms with E-state index >= 15 is 0 Å². The van der Waals surface area contributed by atoms with Crippen LogP contribution in [0.15, 0.2) is 64.2 Å². The number of nitrogens with zero attached hydrogens (tertiary/aromatic N) is 4. The fraction of sp³-hybridized carbons (Fsp3) is 0.125. The van der Waals surface area contributed by atoms with Gasteiger partial charge in [0.1, 0.15) is 0 Å². The molecular weight excluding hydrogens is 376 g/mol. The van der Waals surface area contributed by atoms with Crippen molar-refractivity contribution >= 4 is 33.5 Å². The smallest absolute Gasteiger partial charge is 0.210 e. The van der Waals surface area contributed by atoms with Crippen molar-refractivity contribution in [3.05, 3.63) is 70.2 Å². The van der Waals surface area contributed by atoms with Gasteiger partial charge in [0.15, 0.2) is 5.78 Å². The molecule has 0 N–H and O–H groups in total. The Hall–Kier alpha value is -1.99. The molecule has 0 atom stereocenters. The van der Waals surface area contributed by atoms with E-state index in [1.807, 2.05) is 54.6 Å². The Morgan fingerprint density at radius 1 is 1.09 bits per heavy atom. The third-order valence-electron chi connectivity index (χ3n) is 3.17. The number of thioether (sulfide) groups is 1. The quantitative estimate of drug-likeness (QED) is 0.477. The summed E-state index contributed by atoms with van der Waals surface area (Å²) in [5.74, 6) is 0.374. The molecule has 2 aromatic carbocycles. The van der Waals surface area contributed by atoms with Crippen LogP contribution >= 0.6 is 27.7 Å². The number of Topliss-reactive ketones (excluding diaryl/α,β-unsaturated/α-hetero) is 1. The SMILES string of the molecule is O=C(CSc1nnnn1Cc1ccc(Br)cc1)c1ccccc1. The van der Waals surface area contributed by atoms with Crippen LogP contribution in [0, 0.1) is 0 Å². The van der Waals surface area contributed by atoms with Crippen LogP contribution in [-0.2, 0) is 6.54 Å². The Balaban J connectivity index is 1.64. The number of carbonyl (C=O) groups is 1. The Kier molecular flexibility index (Phi) is 5.19. The average Bonchev–Trinajstić information content (AvgIpc) is 3.02. The van der Waals surface area contributed by atoms with Gasteiger partial charge in [0.25, 0.3) is 0 Å². The van der Waals surface area contributed by atoms with Crippen molar-refractivity contribution in [1.82, 2.24) is 20.2 Å². The first-order chi connectivity index (χ1) is 11.2. The third kappa shape index (κ3) is 4.27. The third-order valence-corrected chi connectivity index (χ3v) is 4.66. The van der Waals surface area contributed by atoms with E-state index in [-0.39, 0.29) is 5.78 Å². The second-order valence-electron chi connectivity index (χ2n) is 4.82. The summed E-state index contributed by atoms with van der Waals surface area (Å²) < 4.78 is 2.73. The fourth-order valence-corrected chi connectivity index (χ4v) is 3.03. The summed E-state index contributed by atoms with van der Waals surface area (Å²) in [6.45, 7) is 0.572. The van der Waals surface area contributed by atoms with E-state index in [1.54, 1.807) is 4.68 Å². The van der Waals surface area contributed by atoms with Crippen molar-refractivity contribution in [3.8, 4) is 0 Å². The Morgan fingerprint density at radius 2 is 1.83 bits per heavy atom. The van der Waals surface area contributed by atoms with Crippen molar-refractivity contribution in [2.45, 2.75) is 11.7 Å². The first-order valence-corrected chi connectivity index (χ1v) is 8.72. The lowest BCUT2D eigenvalue weighted by Gasteiger charge is -2.05. The molecule has 116 valence electrons. The van der Waals surface area contributed by atoms with Crippen LogP contribution in [0.5, 0.6) is 0 Å². The first kappa shape index (κ1) is 15.9. The molecule has 0 unspecified atom stereocenters. The molecule has 5 nitrogen and oxygen atoms in total. The van der Waals surface area contributed by atoms with Gasteiger partial charge >= 0.3 is 0 Å². The summed E-state index contributed by atoms with van der Waals surface area (Å²) in [6, 6.07) is 17.2. The van der Waals surface area contributed by atoms with Gasteiger partial charge in [-0.05, 0) is 28.1 Å². The van der Waals surface area contributed by atoms with E-state index in [0.717, 1.165) is 10.0 Å². The topological polar surface area (TPSA) is 60.7 Å². The highest BCUT2D eigenvalue weighted by atomic mass is 79.9. The minimum absolute atomic E-state index is 0.0637. The molecule has 0 aliphatic heterocycles. The number of ketones is 1. The number of hydrogen-bond donors (Lipinski definition) is 0. The highest BCUT2D eigenvalue weighted by molar-refractivity contribution is 9.10. The van der Waals surface area contributed by atoms with Crippen molar-refractivity contribution in [1.29, 1.82) is 0 Å². The highest BCUT2D eigenvalue weighted by Crippen LogP contribution is 2.18. The molecule has 1 aromatic heterocycles. The lowest BCUT2D eigenvalue weighted by Crippen LogP contribution is -2.07. The number of rotatable bonds is 6. The minimum Gasteiger partial charge on any atom is -0.293 e. The summed E-state index contributed by atoms with van der Waals surface area (Å²) >= 11 is 4.76. The number of carbonyl (C=O) groups excluding carboxylic acids is 1. The standard InChI is InChI=1S/C16H13BrN4OS/c17-14-8-6-12(7-9-14)10-21-16(18-19-20-21)23-11-15(22)13-4-2-1-3-5-13/h1-9H,10-11H2. The Labute approximate surface area is 146 Å². The number of tetrazole rings is 1. The van der Waals surface area contributed by atoms with E-state index in [1.165, 1.54) is 11.8 Å². The summed E-state index contributed by atoms with van der Waals surface area (Å²) in [4.78, 5) is 12.1. The lowest BCUT2D eigenvalue weighted by atomic mass is 10.2. The van der Waals surface area contributed by atoms with Crippen LogP contribution in [-0.4, -0.2) is 31.7 Å². The molecule has 0 bridgehead atoms. The predicted molar refractivity (Wildman–Crippen MR) is 92.6 cm³/mol. The monoisotopic (exact) mass is 388 g/mol. The maximum atomic E-state index is 12.1. The Bertz CT molecular complexity index is 789. The van der Waals surface area contributed by atoms with Crippen LogP contribution in [0.2, 0.25) is 0 Å². The van der Waals surface area contributed by atoms with Crippen molar-refractivity contribution in [2.24, 2.45) is 0 Å². The number of hydrogen-bond acceptors (Lipinski definition) is 5. The Morgan fingerprint density at radius 3 is 2.57 bits per heavy atom. The summed E-state index contributed by atoms with van der Waals surface area (Å²) in [5, 5.41) is 12.3. The number of halogens is 1. The molecule has 0 aliphatic rings. The maximum absolute atomic E-state index is 12.1. The van der Waals surface area contributed by atoms with Gasteiger partial charge in [0.2, 0.25) is 5.16 Å². The van der Waals surface area contributed by atoms with Crippen LogP contribution in [0.3, 0.4) is 0 Å². The molecular formula is C16H13BrN4OS. The van der Waals surface area contributed by atoms with Gasteiger partial charge in [-0.3, -0.25) is 4.79 Å². The van der Waals surface area contributed by atoms with Crippen molar-refractivity contribution in [2.75, 3.05) is 5.75 Å². The molecule has 0 aliphatic carbocycles. The van der Waals surface area contributed by atoms with Gasteiger partial charge < -0.3 is 0 Å². The largest absolute Gasteiger partial charge is 0.293 e. The van der Waals surface area contributed by atoms with Crippen LogP contribution in [0.25, 0.3) is 0 Å². The number of benzene rings is 2. The molecule has 3 aromatic rings. The molecule has 0 fully saturated rings. The van der Waals surface area contributed by atoms with Gasteiger partial charge in [0, 0.05) is 10.0 Å². The molecule has 3 rings (SSSR count). The van der Waals surface area contributed by atoms with E-state index < -0.39 is 0 Å². The molecule has 0 saturated carbocycles. The van der Waals surface area contributed by atoms with Gasteiger partial charge in [-0.25, -0.2) is 4.68 Å². The number of aromatic nitrogens is 4. The van der Waals surface area contributed by atoms with Crippen LogP contribution in [0.4, 0.5) is 0 Å². The second kappa shape index (κ2) is 7.52. The molecule has 23 heavy (non-hydrogen) atoms. The van der Waals surface area contributed by atoms with Crippen LogP contribution in [0.1, 0.15) is 15.9 Å². The minimum atomic E-state index is 0.0637. The van der Waals surface area contributed by atoms with Crippen molar-refractivity contribution < 1.29 is 4.79 Å². The zero-order valence-electron chi connectivity index (χ0n) is 12.1. The van der Waals surface area contributed by atoms with Crippen LogP contribution < -0.4 is 0 Å². The lowest BCUT2D eigenvalue weighted by molar-refractivity contribution is 0.102. The van der Waals surface area contributed by atoms with Crippen molar-refractivity contribution in [3.63, 3.8) is 0 Å². The molecule has 0 spiro atoms. The maximum Gasteiger partial charge on any atom is 0.210 e. The molecule has 0 saturated heterocycles. The summed E-state index contributed by atoms with van der Waals surface area (Å²) in [7, 11) is 0. The van der Waals surface area contributed by atoms with E-state index in [2.05, 4.69) is 31.5 Å². The normalized spacial score (nSPS) is 10.7. The summed E-state index contributed by atoms with van der Waals surface area (Å²) in [6.07, 6.45) is 0. The van der Waals surface area contributed by atoms with Gasteiger partial charge in [0.05, 0.1) is 12.3 Å². The van der Waals surface area contributed by atoms with Gasteiger partial charge in [-0.15, -0.1) is 5.10 Å². The van der Waals surface area contributed by atoms with Gasteiger partial charge in [-0.2, -0.15) is 0 Å². The molecule has 0 amide bonds. The average molecular weight is 389 g/mol. The summed E-state index contributed by atoms with van der Waals surface area (Å²) in [5.41, 5.74) is 1.80. The highest BCUT2D eigenvalue weighted by Gasteiger charge is 2.11. The molecule has 0 radical (unpaired) electrons. The first-order valence-electron chi connectivity index (χ1n) is 6.94. The molecule has 1 heterocycles. The van der Waals surface area contributed by atoms with E-state index in [4.69, 9.17) is 0 Å². The second-order valence-corrected chi connectivity index (χ2v) is 6.68. The zero-order chi connectivity index (χ0) is 16.1. The zero-order valence-corrected chi connectivity index (χ0v) is 14.5. The fourth-order valence-electron chi connectivity index (χ4n) is 2.00.